The number of carbonyl (C=O) groups excluding carboxylic acids is 1. The van der Waals surface area contributed by atoms with Gasteiger partial charge in [-0.15, -0.1) is 0 Å². The molecule has 4 rings (SSSR count). The molecule has 1 aliphatic heterocycles. The van der Waals surface area contributed by atoms with E-state index in [1.54, 1.807) is 23.4 Å². The summed E-state index contributed by atoms with van der Waals surface area (Å²) < 4.78 is 5.79. The van der Waals surface area contributed by atoms with Crippen molar-refractivity contribution >= 4 is 12.4 Å². The lowest BCUT2D eigenvalue weighted by Gasteiger charge is -2.25. The maximum Gasteiger partial charge on any atom is 0.290 e. The van der Waals surface area contributed by atoms with E-state index >= 15 is 0 Å². The highest BCUT2D eigenvalue weighted by Gasteiger charge is 2.27. The van der Waals surface area contributed by atoms with E-state index in [4.69, 9.17) is 14.3 Å². The minimum atomic E-state index is -0.385. The number of carbonyl (C=O) groups is 2. The summed E-state index contributed by atoms with van der Waals surface area (Å²) in [6.45, 7) is 0.564. The van der Waals surface area contributed by atoms with Gasteiger partial charge in [0.25, 0.3) is 17.9 Å². The number of fused-ring (bicyclic) bond motifs is 1. The van der Waals surface area contributed by atoms with Gasteiger partial charge in [0.15, 0.2) is 0 Å². The van der Waals surface area contributed by atoms with E-state index in [2.05, 4.69) is 15.0 Å². The molecule has 3 aromatic heterocycles. The van der Waals surface area contributed by atoms with Gasteiger partial charge < -0.3 is 19.4 Å². The molecule has 0 aliphatic carbocycles. The minimum absolute atomic E-state index is 0.136. The first-order valence-electron chi connectivity index (χ1n) is 8.08. The number of amides is 1. The van der Waals surface area contributed by atoms with Crippen molar-refractivity contribution in [3.05, 3.63) is 70.2 Å². The lowest BCUT2D eigenvalue weighted by Crippen LogP contribution is -2.38. The van der Waals surface area contributed by atoms with Crippen LogP contribution >= 0.6 is 0 Å². The van der Waals surface area contributed by atoms with Gasteiger partial charge in [0.05, 0.1) is 12.1 Å². The number of carboxylic acid groups (broad SMARTS) is 1. The lowest BCUT2D eigenvalue weighted by atomic mass is 10.1. The van der Waals surface area contributed by atoms with Gasteiger partial charge in [0, 0.05) is 31.6 Å². The highest BCUT2D eigenvalue weighted by molar-refractivity contribution is 5.93. The van der Waals surface area contributed by atoms with Crippen molar-refractivity contribution in [2.75, 3.05) is 6.54 Å². The topological polar surface area (TPSA) is 129 Å². The second kappa shape index (κ2) is 8.09. The molecule has 138 valence electrons. The van der Waals surface area contributed by atoms with Gasteiger partial charge in [-0.1, -0.05) is 0 Å². The maximum absolute atomic E-state index is 12.5. The normalized spacial score (nSPS) is 12.5. The first kappa shape index (κ1) is 18.1. The number of nitrogens with one attached hydrogen (secondary N) is 1. The smallest absolute Gasteiger partial charge is 0.290 e. The highest BCUT2D eigenvalue weighted by Crippen LogP contribution is 2.26. The Balaban J connectivity index is 0.000000659. The third-order valence-corrected chi connectivity index (χ3v) is 3.97. The summed E-state index contributed by atoms with van der Waals surface area (Å²) in [6, 6.07) is 6.86. The number of rotatable bonds is 2. The quantitative estimate of drug-likeness (QED) is 0.653. The third kappa shape index (κ3) is 3.92. The molecule has 0 atom stereocenters. The van der Waals surface area contributed by atoms with Crippen LogP contribution in [0.5, 0.6) is 0 Å². The van der Waals surface area contributed by atoms with Crippen LogP contribution in [-0.2, 0) is 17.8 Å². The molecular formula is C18H16N4O5. The number of oxazole rings is 1. The van der Waals surface area contributed by atoms with Crippen molar-refractivity contribution in [2.45, 2.75) is 13.0 Å². The Morgan fingerprint density at radius 1 is 1.33 bits per heavy atom. The van der Waals surface area contributed by atoms with Crippen LogP contribution in [0.1, 0.15) is 21.8 Å². The number of hydrogen-bond acceptors (Lipinski definition) is 6. The number of H-pyrrole nitrogens is 1. The Bertz CT molecular complexity index is 996. The first-order valence-corrected chi connectivity index (χ1v) is 8.08. The molecule has 0 radical (unpaired) electrons. The molecule has 9 nitrogen and oxygen atoms in total. The molecule has 0 unspecified atom stereocenters. The molecule has 2 N–H and O–H groups in total. The van der Waals surface area contributed by atoms with Crippen LogP contribution in [0.4, 0.5) is 0 Å². The molecule has 27 heavy (non-hydrogen) atoms. The molecule has 4 heterocycles. The van der Waals surface area contributed by atoms with Crippen molar-refractivity contribution in [1.82, 2.24) is 19.9 Å². The van der Waals surface area contributed by atoms with Gasteiger partial charge >= 0.3 is 0 Å². The van der Waals surface area contributed by atoms with E-state index in [0.717, 1.165) is 17.0 Å². The summed E-state index contributed by atoms with van der Waals surface area (Å²) in [4.78, 5) is 45.4. The van der Waals surface area contributed by atoms with Gasteiger partial charge in [-0.05, 0) is 24.3 Å². The zero-order chi connectivity index (χ0) is 19.2. The Morgan fingerprint density at radius 2 is 2.15 bits per heavy atom. The van der Waals surface area contributed by atoms with Crippen molar-refractivity contribution < 1.29 is 19.1 Å². The fourth-order valence-electron chi connectivity index (χ4n) is 2.74. The van der Waals surface area contributed by atoms with Gasteiger partial charge in [-0.2, -0.15) is 0 Å². The molecule has 0 fully saturated rings. The third-order valence-electron chi connectivity index (χ3n) is 3.97. The zero-order valence-corrected chi connectivity index (χ0v) is 14.2. The first-order chi connectivity index (χ1) is 13.1. The summed E-state index contributed by atoms with van der Waals surface area (Å²) in [6.07, 6.45) is 5.44. The summed E-state index contributed by atoms with van der Waals surface area (Å²) in [5, 5.41) is 6.89. The fourth-order valence-corrected chi connectivity index (χ4v) is 2.74. The van der Waals surface area contributed by atoms with Crippen LogP contribution in [-0.4, -0.2) is 43.9 Å². The van der Waals surface area contributed by atoms with Gasteiger partial charge in [0.1, 0.15) is 17.0 Å². The maximum atomic E-state index is 12.5. The van der Waals surface area contributed by atoms with Crippen LogP contribution in [0.15, 0.2) is 52.1 Å². The number of pyridine rings is 2. The van der Waals surface area contributed by atoms with Gasteiger partial charge in [0.2, 0.25) is 5.89 Å². The number of aromatic amines is 1. The largest absolute Gasteiger partial charge is 0.483 e. The zero-order valence-electron chi connectivity index (χ0n) is 14.2. The second-order valence-corrected chi connectivity index (χ2v) is 5.63. The Kier molecular flexibility index (Phi) is 5.41. The van der Waals surface area contributed by atoms with Crippen LogP contribution in [0.25, 0.3) is 11.5 Å². The fraction of sp³-hybridized carbons (Fsp3) is 0.167. The number of nitrogens with zero attached hydrogens (tertiary/aromatic N) is 3. The molecule has 0 aromatic carbocycles. The van der Waals surface area contributed by atoms with Crippen molar-refractivity contribution in [2.24, 2.45) is 0 Å². The molecule has 0 saturated heterocycles. The van der Waals surface area contributed by atoms with Crippen molar-refractivity contribution in [3.8, 4) is 11.5 Å². The van der Waals surface area contributed by atoms with E-state index < -0.39 is 0 Å². The van der Waals surface area contributed by atoms with E-state index in [-0.39, 0.29) is 23.5 Å². The molecule has 0 spiro atoms. The molecule has 0 bridgehead atoms. The summed E-state index contributed by atoms with van der Waals surface area (Å²) in [5.74, 6) is 0.980. The SMILES string of the molecule is O=C(c1ccc[nH]c1=O)N1CCc2oc(-c3cccnc3)nc2C1.O=CO. The average Bonchev–Trinajstić information content (AvgIpc) is 3.12. The average molecular weight is 368 g/mol. The molecule has 1 aliphatic rings. The van der Waals surface area contributed by atoms with Gasteiger partial charge in [-0.3, -0.25) is 19.4 Å². The van der Waals surface area contributed by atoms with Crippen molar-refractivity contribution in [3.63, 3.8) is 0 Å². The minimum Gasteiger partial charge on any atom is -0.483 e. The van der Waals surface area contributed by atoms with Crippen molar-refractivity contribution in [1.29, 1.82) is 0 Å². The Hall–Kier alpha value is -3.75. The van der Waals surface area contributed by atoms with Crippen LogP contribution in [0.2, 0.25) is 0 Å². The van der Waals surface area contributed by atoms with E-state index in [0.29, 0.717) is 25.4 Å². The standard InChI is InChI=1S/C17H14N4O3.CH2O2/c22-15-12(4-2-7-19-15)17(23)21-8-5-14-13(10-21)20-16(24-14)11-3-1-6-18-9-11;2-1-3/h1-4,6-7,9H,5,8,10H2,(H,19,22);1H,(H,2,3). The highest BCUT2D eigenvalue weighted by atomic mass is 16.4. The lowest BCUT2D eigenvalue weighted by molar-refractivity contribution is -0.122. The number of hydrogen-bond donors (Lipinski definition) is 2. The molecular weight excluding hydrogens is 352 g/mol. The molecule has 0 saturated carbocycles. The predicted octanol–water partition coefficient (Wildman–Crippen LogP) is 1.32. The summed E-state index contributed by atoms with van der Waals surface area (Å²) >= 11 is 0. The molecule has 3 aromatic rings. The Labute approximate surface area is 153 Å². The van der Waals surface area contributed by atoms with Crippen LogP contribution in [0.3, 0.4) is 0 Å². The predicted molar refractivity (Wildman–Crippen MR) is 93.9 cm³/mol. The summed E-state index contributed by atoms with van der Waals surface area (Å²) in [5.41, 5.74) is 1.27. The second-order valence-electron chi connectivity index (χ2n) is 5.63. The monoisotopic (exact) mass is 368 g/mol. The molecule has 1 amide bonds. The van der Waals surface area contributed by atoms with Crippen LogP contribution in [0, 0.1) is 0 Å². The van der Waals surface area contributed by atoms with Crippen LogP contribution < -0.4 is 5.56 Å². The number of aromatic nitrogens is 3. The van der Waals surface area contributed by atoms with E-state index in [1.165, 1.54) is 12.3 Å². The van der Waals surface area contributed by atoms with Gasteiger partial charge in [-0.25, -0.2) is 4.98 Å². The Morgan fingerprint density at radius 3 is 2.85 bits per heavy atom. The summed E-state index contributed by atoms with van der Waals surface area (Å²) in [7, 11) is 0. The molecule has 9 heteroatoms. The van der Waals surface area contributed by atoms with E-state index in [1.807, 2.05) is 12.1 Å². The van der Waals surface area contributed by atoms with E-state index in [9.17, 15) is 9.59 Å².